The maximum Gasteiger partial charge on any atom is 0.317 e. The van der Waals surface area contributed by atoms with Crippen molar-refractivity contribution in [2.75, 3.05) is 34.4 Å². The van der Waals surface area contributed by atoms with Gasteiger partial charge in [-0.25, -0.2) is 0 Å². The molecule has 0 aliphatic rings. The zero-order valence-electron chi connectivity index (χ0n) is 12.6. The van der Waals surface area contributed by atoms with Gasteiger partial charge in [0.15, 0.2) is 11.5 Å². The summed E-state index contributed by atoms with van der Waals surface area (Å²) >= 11 is 0. The molecule has 1 aromatic carbocycles. The predicted octanol–water partition coefficient (Wildman–Crippen LogP) is 1.78. The van der Waals surface area contributed by atoms with Crippen LogP contribution in [0.1, 0.15) is 5.56 Å². The number of rotatable bonds is 9. The molecule has 6 heteroatoms. The first-order valence-corrected chi connectivity index (χ1v) is 6.40. The van der Waals surface area contributed by atoms with Gasteiger partial charge in [0.1, 0.15) is 0 Å². The van der Waals surface area contributed by atoms with Gasteiger partial charge in [0.05, 0.1) is 27.9 Å². The van der Waals surface area contributed by atoms with E-state index in [4.69, 9.17) is 19.3 Å². The standard InChI is InChI=1S/C15H21NO5/c1-5-8-16(10-13(17)18)9-11-6-7-12(19-2)15(21-4)14(11)20-3/h5-7H,1,8-10H2,2-4H3,(H,17,18). The van der Waals surface area contributed by atoms with Gasteiger partial charge in [-0.05, 0) is 6.07 Å². The largest absolute Gasteiger partial charge is 0.493 e. The number of nitrogens with zero attached hydrogens (tertiary/aromatic N) is 1. The summed E-state index contributed by atoms with van der Waals surface area (Å²) in [5.74, 6) is 0.700. The van der Waals surface area contributed by atoms with Crippen LogP contribution in [0.15, 0.2) is 24.8 Å². The number of aliphatic carboxylic acids is 1. The lowest BCUT2D eigenvalue weighted by atomic mass is 10.1. The molecule has 0 radical (unpaired) electrons. The maximum atomic E-state index is 10.9. The highest BCUT2D eigenvalue weighted by molar-refractivity contribution is 5.69. The Labute approximate surface area is 124 Å². The third-order valence-electron chi connectivity index (χ3n) is 2.93. The van der Waals surface area contributed by atoms with Crippen molar-refractivity contribution >= 4 is 5.97 Å². The highest BCUT2D eigenvalue weighted by Crippen LogP contribution is 2.40. The summed E-state index contributed by atoms with van der Waals surface area (Å²) < 4.78 is 15.9. The van der Waals surface area contributed by atoms with E-state index in [2.05, 4.69) is 6.58 Å². The fourth-order valence-electron chi connectivity index (χ4n) is 2.09. The molecule has 21 heavy (non-hydrogen) atoms. The second kappa shape index (κ2) is 8.16. The van der Waals surface area contributed by atoms with Crippen LogP contribution < -0.4 is 14.2 Å². The quantitative estimate of drug-likeness (QED) is 0.700. The van der Waals surface area contributed by atoms with Crippen LogP contribution >= 0.6 is 0 Å². The van der Waals surface area contributed by atoms with Gasteiger partial charge < -0.3 is 19.3 Å². The van der Waals surface area contributed by atoms with E-state index in [1.165, 1.54) is 14.2 Å². The molecule has 0 heterocycles. The molecule has 1 aromatic rings. The summed E-state index contributed by atoms with van der Waals surface area (Å²) in [7, 11) is 4.62. The molecule has 1 N–H and O–H groups in total. The number of benzene rings is 1. The number of ether oxygens (including phenoxy) is 3. The lowest BCUT2D eigenvalue weighted by Gasteiger charge is -2.21. The molecule has 0 aromatic heterocycles. The summed E-state index contributed by atoms with van der Waals surface area (Å²) in [6.45, 7) is 4.43. The summed E-state index contributed by atoms with van der Waals surface area (Å²) in [5.41, 5.74) is 0.818. The van der Waals surface area contributed by atoms with Gasteiger partial charge >= 0.3 is 5.97 Å². The fraction of sp³-hybridized carbons (Fsp3) is 0.400. The molecule has 0 unspecified atom stereocenters. The minimum Gasteiger partial charge on any atom is -0.493 e. The number of methoxy groups -OCH3 is 3. The summed E-state index contributed by atoms with van der Waals surface area (Å²) in [6, 6.07) is 3.60. The molecule has 0 fully saturated rings. The Morgan fingerprint density at radius 3 is 2.38 bits per heavy atom. The van der Waals surface area contributed by atoms with E-state index in [9.17, 15) is 4.79 Å². The Bertz CT molecular complexity index is 501. The van der Waals surface area contributed by atoms with E-state index in [-0.39, 0.29) is 6.54 Å². The van der Waals surface area contributed by atoms with Crippen LogP contribution in [0.3, 0.4) is 0 Å². The molecule has 0 saturated heterocycles. The van der Waals surface area contributed by atoms with Crippen LogP contribution in [0.4, 0.5) is 0 Å². The highest BCUT2D eigenvalue weighted by Gasteiger charge is 2.18. The third-order valence-corrected chi connectivity index (χ3v) is 2.93. The molecule has 116 valence electrons. The van der Waals surface area contributed by atoms with E-state index in [0.29, 0.717) is 30.3 Å². The smallest absolute Gasteiger partial charge is 0.317 e. The van der Waals surface area contributed by atoms with Gasteiger partial charge in [0.25, 0.3) is 0 Å². The van der Waals surface area contributed by atoms with Crippen LogP contribution in [0, 0.1) is 0 Å². The van der Waals surface area contributed by atoms with E-state index in [1.807, 2.05) is 6.07 Å². The molecule has 0 atom stereocenters. The van der Waals surface area contributed by atoms with Crippen LogP contribution in [-0.4, -0.2) is 50.4 Å². The molecule has 0 saturated carbocycles. The van der Waals surface area contributed by atoms with E-state index in [1.54, 1.807) is 24.2 Å². The van der Waals surface area contributed by atoms with Gasteiger partial charge in [-0.3, -0.25) is 9.69 Å². The maximum absolute atomic E-state index is 10.9. The molecule has 1 rings (SSSR count). The first-order chi connectivity index (χ1) is 10.1. The van der Waals surface area contributed by atoms with Crippen LogP contribution in [-0.2, 0) is 11.3 Å². The molecular formula is C15H21NO5. The molecular weight excluding hydrogens is 274 g/mol. The van der Waals surface area contributed by atoms with Crippen molar-refractivity contribution in [2.24, 2.45) is 0 Å². The number of carboxylic acid groups (broad SMARTS) is 1. The molecule has 0 amide bonds. The first kappa shape index (κ1) is 16.8. The topological polar surface area (TPSA) is 68.2 Å². The Kier molecular flexibility index (Phi) is 6.55. The number of carboxylic acids is 1. The lowest BCUT2D eigenvalue weighted by Crippen LogP contribution is -2.29. The second-order valence-corrected chi connectivity index (χ2v) is 4.35. The van der Waals surface area contributed by atoms with Crippen molar-refractivity contribution in [1.29, 1.82) is 0 Å². The van der Waals surface area contributed by atoms with Crippen LogP contribution in [0.2, 0.25) is 0 Å². The van der Waals surface area contributed by atoms with Gasteiger partial charge in [0.2, 0.25) is 5.75 Å². The van der Waals surface area contributed by atoms with Crippen LogP contribution in [0.5, 0.6) is 17.2 Å². The summed E-state index contributed by atoms with van der Waals surface area (Å²) in [6.07, 6.45) is 1.66. The molecule has 0 spiro atoms. The van der Waals surface area contributed by atoms with Gasteiger partial charge in [-0.1, -0.05) is 12.1 Å². The fourth-order valence-corrected chi connectivity index (χ4v) is 2.09. The van der Waals surface area contributed by atoms with Crippen molar-refractivity contribution in [3.63, 3.8) is 0 Å². The van der Waals surface area contributed by atoms with E-state index in [0.717, 1.165) is 5.56 Å². The lowest BCUT2D eigenvalue weighted by molar-refractivity contribution is -0.138. The molecule has 0 aliphatic heterocycles. The Morgan fingerprint density at radius 1 is 1.24 bits per heavy atom. The predicted molar refractivity (Wildman–Crippen MR) is 79.2 cm³/mol. The average molecular weight is 295 g/mol. The van der Waals surface area contributed by atoms with Crippen molar-refractivity contribution < 1.29 is 24.1 Å². The van der Waals surface area contributed by atoms with E-state index >= 15 is 0 Å². The van der Waals surface area contributed by atoms with Crippen molar-refractivity contribution in [2.45, 2.75) is 6.54 Å². The van der Waals surface area contributed by atoms with Crippen molar-refractivity contribution in [3.05, 3.63) is 30.4 Å². The minimum atomic E-state index is -0.892. The Hall–Kier alpha value is -2.21. The highest BCUT2D eigenvalue weighted by atomic mass is 16.5. The van der Waals surface area contributed by atoms with Crippen molar-refractivity contribution in [1.82, 2.24) is 4.90 Å². The van der Waals surface area contributed by atoms with Gasteiger partial charge in [-0.2, -0.15) is 0 Å². The third kappa shape index (κ3) is 4.39. The molecule has 6 nitrogen and oxygen atoms in total. The number of carbonyl (C=O) groups is 1. The summed E-state index contributed by atoms with van der Waals surface area (Å²) in [5, 5.41) is 8.95. The Balaban J connectivity index is 3.10. The first-order valence-electron chi connectivity index (χ1n) is 6.40. The Morgan fingerprint density at radius 2 is 1.90 bits per heavy atom. The monoisotopic (exact) mass is 295 g/mol. The number of hydrogen-bond acceptors (Lipinski definition) is 5. The van der Waals surface area contributed by atoms with Crippen molar-refractivity contribution in [3.8, 4) is 17.2 Å². The van der Waals surface area contributed by atoms with Gasteiger partial charge in [0, 0.05) is 18.7 Å². The summed E-state index contributed by atoms with van der Waals surface area (Å²) in [4.78, 5) is 12.6. The molecule has 0 aliphatic carbocycles. The van der Waals surface area contributed by atoms with Crippen LogP contribution in [0.25, 0.3) is 0 Å². The normalized spacial score (nSPS) is 10.3. The zero-order valence-corrected chi connectivity index (χ0v) is 12.6. The molecule has 0 bridgehead atoms. The van der Waals surface area contributed by atoms with E-state index < -0.39 is 5.97 Å². The minimum absolute atomic E-state index is 0.0798. The number of hydrogen-bond donors (Lipinski definition) is 1. The zero-order chi connectivity index (χ0) is 15.8. The SMILES string of the molecule is C=CCN(CC(=O)O)Cc1ccc(OC)c(OC)c1OC. The average Bonchev–Trinajstić information content (AvgIpc) is 2.46. The second-order valence-electron chi connectivity index (χ2n) is 4.35. The van der Waals surface area contributed by atoms with Gasteiger partial charge in [-0.15, -0.1) is 6.58 Å².